The van der Waals surface area contributed by atoms with Crippen LogP contribution in [0.15, 0.2) is 12.2 Å². The first-order valence-electron chi connectivity index (χ1n) is 6.40. The van der Waals surface area contributed by atoms with Gasteiger partial charge in [-0.1, -0.05) is 54.7 Å². The fraction of sp³-hybridized carbons (Fsp3) is 0.769. The Hall–Kier alpha value is 0.0400. The highest BCUT2D eigenvalue weighted by Gasteiger charge is 2.35. The van der Waals surface area contributed by atoms with E-state index in [1.807, 2.05) is 6.92 Å². The van der Waals surface area contributed by atoms with E-state index in [0.717, 1.165) is 32.1 Å². The van der Waals surface area contributed by atoms with Crippen molar-refractivity contribution in [1.29, 1.82) is 0 Å². The van der Waals surface area contributed by atoms with E-state index in [0.29, 0.717) is 0 Å². The SMILES string of the molecule is C=C(COC(Cl)(Cl)Cl)C(=O)OC1(CC)CCCCC1. The van der Waals surface area contributed by atoms with Crippen LogP contribution in [0.4, 0.5) is 0 Å². The van der Waals surface area contributed by atoms with Crippen LogP contribution in [-0.4, -0.2) is 22.2 Å². The Morgan fingerprint density at radius 1 is 1.26 bits per heavy atom. The number of halogens is 3. The highest BCUT2D eigenvalue weighted by Crippen LogP contribution is 2.35. The second-order valence-electron chi connectivity index (χ2n) is 4.82. The van der Waals surface area contributed by atoms with Crippen LogP contribution >= 0.6 is 34.8 Å². The van der Waals surface area contributed by atoms with Crippen LogP contribution in [0, 0.1) is 0 Å². The van der Waals surface area contributed by atoms with Gasteiger partial charge in [-0.2, -0.15) is 0 Å². The highest BCUT2D eigenvalue weighted by molar-refractivity contribution is 6.66. The second-order valence-corrected chi connectivity index (χ2v) is 7.00. The molecule has 110 valence electrons. The zero-order valence-electron chi connectivity index (χ0n) is 11.0. The van der Waals surface area contributed by atoms with E-state index < -0.39 is 9.95 Å². The molecule has 1 aliphatic carbocycles. The smallest absolute Gasteiger partial charge is 0.336 e. The summed E-state index contributed by atoms with van der Waals surface area (Å²) in [7, 11) is 0. The Morgan fingerprint density at radius 2 is 1.84 bits per heavy atom. The summed E-state index contributed by atoms with van der Waals surface area (Å²) in [6.07, 6.45) is 5.95. The standard InChI is InChI=1S/C13H19Cl3O3/c1-3-12(7-5-4-6-8-12)19-11(17)10(2)9-18-13(14,15)16/h2-9H2,1H3. The van der Waals surface area contributed by atoms with Crippen LogP contribution in [0.3, 0.4) is 0 Å². The molecule has 3 nitrogen and oxygen atoms in total. The topological polar surface area (TPSA) is 35.5 Å². The number of rotatable bonds is 5. The van der Waals surface area contributed by atoms with Crippen molar-refractivity contribution in [2.45, 2.75) is 55.0 Å². The minimum atomic E-state index is -1.85. The van der Waals surface area contributed by atoms with Crippen LogP contribution in [0.5, 0.6) is 0 Å². The third-order valence-electron chi connectivity index (χ3n) is 3.42. The van der Waals surface area contributed by atoms with Crippen LogP contribution in [0.2, 0.25) is 0 Å². The molecular formula is C13H19Cl3O3. The first-order chi connectivity index (χ1) is 8.78. The zero-order valence-corrected chi connectivity index (χ0v) is 13.3. The van der Waals surface area contributed by atoms with Crippen molar-refractivity contribution < 1.29 is 14.3 Å². The Balaban J connectivity index is 2.50. The van der Waals surface area contributed by atoms with Gasteiger partial charge in [-0.05, 0) is 32.1 Å². The third-order valence-corrected chi connectivity index (χ3v) is 3.74. The van der Waals surface area contributed by atoms with E-state index in [1.165, 1.54) is 6.42 Å². The molecule has 0 spiro atoms. The van der Waals surface area contributed by atoms with E-state index in [9.17, 15) is 4.79 Å². The van der Waals surface area contributed by atoms with Gasteiger partial charge in [0.05, 0.1) is 12.2 Å². The molecule has 1 aliphatic rings. The van der Waals surface area contributed by atoms with E-state index in [1.54, 1.807) is 0 Å². The molecule has 0 unspecified atom stereocenters. The van der Waals surface area contributed by atoms with Gasteiger partial charge in [-0.3, -0.25) is 0 Å². The molecule has 0 heterocycles. The molecule has 0 aliphatic heterocycles. The van der Waals surface area contributed by atoms with Crippen molar-refractivity contribution in [3.05, 3.63) is 12.2 Å². The van der Waals surface area contributed by atoms with E-state index in [2.05, 4.69) is 6.58 Å². The summed E-state index contributed by atoms with van der Waals surface area (Å²) in [4.78, 5) is 12.0. The van der Waals surface area contributed by atoms with Gasteiger partial charge in [-0.15, -0.1) is 0 Å². The van der Waals surface area contributed by atoms with Gasteiger partial charge in [0.15, 0.2) is 0 Å². The van der Waals surface area contributed by atoms with Crippen molar-refractivity contribution in [3.8, 4) is 0 Å². The van der Waals surface area contributed by atoms with Crippen LogP contribution < -0.4 is 0 Å². The van der Waals surface area contributed by atoms with Gasteiger partial charge < -0.3 is 9.47 Å². The summed E-state index contributed by atoms with van der Waals surface area (Å²) in [6.45, 7) is 5.48. The maximum atomic E-state index is 12.0. The molecular weight excluding hydrogens is 310 g/mol. The Morgan fingerprint density at radius 3 is 2.32 bits per heavy atom. The van der Waals surface area contributed by atoms with Gasteiger partial charge in [0.1, 0.15) is 5.60 Å². The molecule has 1 fully saturated rings. The van der Waals surface area contributed by atoms with Gasteiger partial charge in [0.2, 0.25) is 0 Å². The second kappa shape index (κ2) is 7.16. The molecule has 0 radical (unpaired) electrons. The number of alkyl halides is 3. The number of hydrogen-bond donors (Lipinski definition) is 0. The highest BCUT2D eigenvalue weighted by atomic mass is 35.6. The lowest BCUT2D eigenvalue weighted by molar-refractivity contribution is -0.159. The van der Waals surface area contributed by atoms with Crippen LogP contribution in [0.1, 0.15) is 45.4 Å². The third kappa shape index (κ3) is 5.90. The molecule has 6 heteroatoms. The van der Waals surface area contributed by atoms with Crippen molar-refractivity contribution in [2.75, 3.05) is 6.61 Å². The average molecular weight is 330 g/mol. The molecule has 19 heavy (non-hydrogen) atoms. The number of hydrogen-bond acceptors (Lipinski definition) is 3. The van der Waals surface area contributed by atoms with Gasteiger partial charge >= 0.3 is 5.97 Å². The largest absolute Gasteiger partial charge is 0.456 e. The summed E-state index contributed by atoms with van der Waals surface area (Å²) in [5.74, 6) is -0.474. The molecule has 0 bridgehead atoms. The molecule has 0 atom stereocenters. The van der Waals surface area contributed by atoms with E-state index in [4.69, 9.17) is 44.3 Å². The minimum Gasteiger partial charge on any atom is -0.456 e. The van der Waals surface area contributed by atoms with Gasteiger partial charge in [0, 0.05) is 0 Å². The van der Waals surface area contributed by atoms with E-state index in [-0.39, 0.29) is 17.8 Å². The monoisotopic (exact) mass is 328 g/mol. The van der Waals surface area contributed by atoms with Gasteiger partial charge in [0.25, 0.3) is 3.98 Å². The lowest BCUT2D eigenvalue weighted by Gasteiger charge is -2.36. The molecule has 0 N–H and O–H groups in total. The Labute approximate surface area is 129 Å². The van der Waals surface area contributed by atoms with Crippen molar-refractivity contribution in [2.24, 2.45) is 0 Å². The average Bonchev–Trinajstić information content (AvgIpc) is 2.36. The summed E-state index contributed by atoms with van der Waals surface area (Å²) in [5, 5.41) is 0. The van der Waals surface area contributed by atoms with E-state index >= 15 is 0 Å². The first kappa shape index (κ1) is 17.1. The number of carbonyl (C=O) groups excluding carboxylic acids is 1. The number of esters is 1. The molecule has 0 aromatic carbocycles. The maximum absolute atomic E-state index is 12.0. The molecule has 0 amide bonds. The van der Waals surface area contributed by atoms with Crippen molar-refractivity contribution in [3.63, 3.8) is 0 Å². The van der Waals surface area contributed by atoms with Crippen LogP contribution in [0.25, 0.3) is 0 Å². The minimum absolute atomic E-state index is 0.157. The number of ether oxygens (including phenoxy) is 2. The Kier molecular flexibility index (Phi) is 6.44. The van der Waals surface area contributed by atoms with Gasteiger partial charge in [-0.25, -0.2) is 4.79 Å². The fourth-order valence-electron chi connectivity index (χ4n) is 2.22. The fourth-order valence-corrected chi connectivity index (χ4v) is 2.38. The zero-order chi connectivity index (χ0) is 14.5. The summed E-state index contributed by atoms with van der Waals surface area (Å²) >= 11 is 16.3. The number of carbonyl (C=O) groups is 1. The maximum Gasteiger partial charge on any atom is 0.336 e. The molecule has 0 saturated heterocycles. The molecule has 1 rings (SSSR count). The van der Waals surface area contributed by atoms with Crippen molar-refractivity contribution >= 4 is 40.8 Å². The molecule has 1 saturated carbocycles. The molecule has 0 aromatic rings. The summed E-state index contributed by atoms with van der Waals surface area (Å²) < 4.78 is 8.62. The Bertz CT molecular complexity index is 331. The molecule has 0 aromatic heterocycles. The van der Waals surface area contributed by atoms with Crippen molar-refractivity contribution in [1.82, 2.24) is 0 Å². The predicted molar refractivity (Wildman–Crippen MR) is 77.6 cm³/mol. The lowest BCUT2D eigenvalue weighted by atomic mass is 9.82. The lowest BCUT2D eigenvalue weighted by Crippen LogP contribution is -2.37. The normalized spacial score (nSPS) is 18.9. The first-order valence-corrected chi connectivity index (χ1v) is 7.53. The summed E-state index contributed by atoms with van der Waals surface area (Å²) in [6, 6.07) is 0. The summed E-state index contributed by atoms with van der Waals surface area (Å²) in [5.41, 5.74) is -0.206. The quantitative estimate of drug-likeness (QED) is 0.422. The van der Waals surface area contributed by atoms with Crippen LogP contribution in [-0.2, 0) is 14.3 Å². The predicted octanol–water partition coefficient (Wildman–Crippen LogP) is 4.54.